The van der Waals surface area contributed by atoms with Crippen molar-refractivity contribution in [2.24, 2.45) is 0 Å². The normalized spacial score (nSPS) is 10.4. The minimum atomic E-state index is -0.482. The van der Waals surface area contributed by atoms with E-state index in [4.69, 9.17) is 14.6 Å². The number of carbonyl (C=O) groups is 1. The molecule has 2 rings (SSSR count). The summed E-state index contributed by atoms with van der Waals surface area (Å²) in [5.74, 6) is -0.268. The van der Waals surface area contributed by atoms with Crippen LogP contribution >= 0.6 is 0 Å². The lowest BCUT2D eigenvalue weighted by atomic mass is 10.2. The first-order valence-electron chi connectivity index (χ1n) is 6.76. The molecule has 0 saturated carbocycles. The van der Waals surface area contributed by atoms with Crippen LogP contribution in [0.25, 0.3) is 0 Å². The number of carbonyl (C=O) groups excluding carboxylic acids is 1. The lowest BCUT2D eigenvalue weighted by molar-refractivity contribution is 0.0521. The quantitative estimate of drug-likeness (QED) is 0.785. The molecule has 0 aliphatic carbocycles. The largest absolute Gasteiger partial charge is 0.471 e. The Balaban J connectivity index is 2.14. The van der Waals surface area contributed by atoms with Crippen LogP contribution in [-0.4, -0.2) is 34.1 Å². The van der Waals surface area contributed by atoms with Crippen LogP contribution < -0.4 is 4.74 Å². The van der Waals surface area contributed by atoms with E-state index in [1.165, 1.54) is 10.9 Å². The zero-order valence-electron chi connectivity index (χ0n) is 11.9. The van der Waals surface area contributed by atoms with E-state index in [2.05, 4.69) is 5.10 Å². The summed E-state index contributed by atoms with van der Waals surface area (Å²) in [6.07, 6.45) is 1.52. The van der Waals surface area contributed by atoms with Crippen LogP contribution in [0.2, 0.25) is 0 Å². The van der Waals surface area contributed by atoms with E-state index < -0.39 is 5.97 Å². The molecular weight excluding hydrogens is 272 g/mol. The molecule has 1 N–H and O–H groups in total. The van der Waals surface area contributed by atoms with Gasteiger partial charge in [0.25, 0.3) is 0 Å². The molecule has 0 fully saturated rings. The third-order valence-corrected chi connectivity index (χ3v) is 2.77. The minimum absolute atomic E-state index is 0.0674. The average molecular weight is 290 g/mol. The topological polar surface area (TPSA) is 73.6 Å². The van der Waals surface area contributed by atoms with Crippen molar-refractivity contribution in [3.63, 3.8) is 0 Å². The molecular formula is C15H18N2O4. The van der Waals surface area contributed by atoms with E-state index in [-0.39, 0.29) is 24.7 Å². The van der Waals surface area contributed by atoms with Gasteiger partial charge in [-0.25, -0.2) is 4.79 Å². The number of hydrogen-bond acceptors (Lipinski definition) is 5. The summed E-state index contributed by atoms with van der Waals surface area (Å²) < 4.78 is 12.0. The van der Waals surface area contributed by atoms with Gasteiger partial charge in [-0.1, -0.05) is 30.3 Å². The van der Waals surface area contributed by atoms with Crippen molar-refractivity contribution in [3.8, 4) is 5.88 Å². The molecule has 0 amide bonds. The van der Waals surface area contributed by atoms with E-state index >= 15 is 0 Å². The van der Waals surface area contributed by atoms with E-state index in [0.29, 0.717) is 13.2 Å². The third-order valence-electron chi connectivity index (χ3n) is 2.77. The molecule has 0 unspecified atom stereocenters. The molecule has 6 heteroatoms. The molecule has 0 bridgehead atoms. The molecule has 1 aromatic heterocycles. The lowest BCUT2D eigenvalue weighted by Crippen LogP contribution is -2.06. The molecule has 6 nitrogen and oxygen atoms in total. The Labute approximate surface area is 122 Å². The maximum absolute atomic E-state index is 11.9. The van der Waals surface area contributed by atoms with Gasteiger partial charge in [0.15, 0.2) is 0 Å². The summed E-state index contributed by atoms with van der Waals surface area (Å²) in [6, 6.07) is 9.59. The number of benzene rings is 1. The van der Waals surface area contributed by atoms with Crippen molar-refractivity contribution in [1.82, 2.24) is 9.78 Å². The lowest BCUT2D eigenvalue weighted by Gasteiger charge is -2.05. The van der Waals surface area contributed by atoms with Crippen LogP contribution in [-0.2, 0) is 17.9 Å². The van der Waals surface area contributed by atoms with Crippen molar-refractivity contribution in [1.29, 1.82) is 0 Å². The van der Waals surface area contributed by atoms with Gasteiger partial charge in [-0.05, 0) is 12.5 Å². The van der Waals surface area contributed by atoms with Crippen LogP contribution in [0.1, 0.15) is 22.8 Å². The first kappa shape index (κ1) is 15.1. The fourth-order valence-corrected chi connectivity index (χ4v) is 1.80. The standard InChI is InChI=1S/C15H18N2O4/c1-2-20-15(19)13-10-17(8-9-18)16-14(13)21-11-12-6-4-3-5-7-12/h3-7,10,18H,2,8-9,11H2,1H3. The second-order valence-corrected chi connectivity index (χ2v) is 4.33. The molecule has 112 valence electrons. The number of aliphatic hydroxyl groups excluding tert-OH is 1. The number of aromatic nitrogens is 2. The molecule has 21 heavy (non-hydrogen) atoms. The molecule has 0 aliphatic rings. The Morgan fingerprint density at radius 1 is 1.33 bits per heavy atom. The fraction of sp³-hybridized carbons (Fsp3) is 0.333. The fourth-order valence-electron chi connectivity index (χ4n) is 1.80. The molecule has 1 aromatic carbocycles. The van der Waals surface area contributed by atoms with Crippen LogP contribution in [0.5, 0.6) is 5.88 Å². The molecule has 0 atom stereocenters. The first-order chi connectivity index (χ1) is 10.2. The zero-order valence-corrected chi connectivity index (χ0v) is 11.9. The van der Waals surface area contributed by atoms with Crippen LogP contribution in [0.4, 0.5) is 0 Å². The highest BCUT2D eigenvalue weighted by molar-refractivity contribution is 5.91. The van der Waals surface area contributed by atoms with Crippen LogP contribution in [0.15, 0.2) is 36.5 Å². The van der Waals surface area contributed by atoms with Crippen molar-refractivity contribution >= 4 is 5.97 Å². The Morgan fingerprint density at radius 2 is 2.10 bits per heavy atom. The van der Waals surface area contributed by atoms with Crippen LogP contribution in [0.3, 0.4) is 0 Å². The van der Waals surface area contributed by atoms with Gasteiger partial charge in [0.1, 0.15) is 12.2 Å². The number of aliphatic hydroxyl groups is 1. The monoisotopic (exact) mass is 290 g/mol. The Hall–Kier alpha value is -2.34. The van der Waals surface area contributed by atoms with E-state index in [9.17, 15) is 4.79 Å². The summed E-state index contributed by atoms with van der Waals surface area (Å²) in [7, 11) is 0. The predicted octanol–water partition coefficient (Wildman–Crippen LogP) is 1.63. The van der Waals surface area contributed by atoms with Crippen molar-refractivity contribution in [2.45, 2.75) is 20.1 Å². The van der Waals surface area contributed by atoms with Gasteiger partial charge in [0.2, 0.25) is 5.88 Å². The maximum Gasteiger partial charge on any atom is 0.345 e. The van der Waals surface area contributed by atoms with Gasteiger partial charge in [-0.15, -0.1) is 5.10 Å². The summed E-state index contributed by atoms with van der Waals surface area (Å²) in [4.78, 5) is 11.9. The average Bonchev–Trinajstić information content (AvgIpc) is 2.90. The molecule has 0 radical (unpaired) electrons. The number of ether oxygens (including phenoxy) is 2. The molecule has 1 heterocycles. The van der Waals surface area contributed by atoms with E-state index in [1.807, 2.05) is 30.3 Å². The summed E-state index contributed by atoms with van der Waals surface area (Å²) >= 11 is 0. The number of esters is 1. The second-order valence-electron chi connectivity index (χ2n) is 4.33. The Kier molecular flexibility index (Phi) is 5.34. The van der Waals surface area contributed by atoms with Gasteiger partial charge in [0.05, 0.1) is 19.8 Å². The highest BCUT2D eigenvalue weighted by Gasteiger charge is 2.19. The van der Waals surface area contributed by atoms with Gasteiger partial charge in [-0.3, -0.25) is 4.68 Å². The van der Waals surface area contributed by atoms with Crippen molar-refractivity contribution in [2.75, 3.05) is 13.2 Å². The SMILES string of the molecule is CCOC(=O)c1cn(CCO)nc1OCc1ccccc1. The third kappa shape index (κ3) is 4.06. The van der Waals surface area contributed by atoms with Gasteiger partial charge in [-0.2, -0.15) is 0 Å². The summed E-state index contributed by atoms with van der Waals surface area (Å²) in [6.45, 7) is 2.55. The number of nitrogens with zero attached hydrogens (tertiary/aromatic N) is 2. The summed E-state index contributed by atoms with van der Waals surface area (Å²) in [5, 5.41) is 13.1. The van der Waals surface area contributed by atoms with Crippen molar-refractivity contribution < 1.29 is 19.4 Å². The molecule has 0 aliphatic heterocycles. The molecule has 0 saturated heterocycles. The highest BCUT2D eigenvalue weighted by atomic mass is 16.5. The molecule has 2 aromatic rings. The van der Waals surface area contributed by atoms with Gasteiger partial charge >= 0.3 is 5.97 Å². The highest BCUT2D eigenvalue weighted by Crippen LogP contribution is 2.18. The Morgan fingerprint density at radius 3 is 2.76 bits per heavy atom. The first-order valence-corrected chi connectivity index (χ1v) is 6.76. The molecule has 0 spiro atoms. The summed E-state index contributed by atoms with van der Waals surface area (Å²) in [5.41, 5.74) is 1.24. The number of hydrogen-bond donors (Lipinski definition) is 1. The van der Waals surface area contributed by atoms with E-state index in [0.717, 1.165) is 5.56 Å². The second kappa shape index (κ2) is 7.44. The number of rotatable bonds is 7. The van der Waals surface area contributed by atoms with Crippen molar-refractivity contribution in [3.05, 3.63) is 47.7 Å². The van der Waals surface area contributed by atoms with E-state index in [1.54, 1.807) is 6.92 Å². The zero-order chi connectivity index (χ0) is 15.1. The van der Waals surface area contributed by atoms with Gasteiger partial charge in [0, 0.05) is 6.20 Å². The van der Waals surface area contributed by atoms with Crippen LogP contribution in [0, 0.1) is 0 Å². The van der Waals surface area contributed by atoms with Gasteiger partial charge < -0.3 is 14.6 Å². The predicted molar refractivity (Wildman–Crippen MR) is 76.0 cm³/mol. The smallest absolute Gasteiger partial charge is 0.345 e. The minimum Gasteiger partial charge on any atom is -0.471 e. The Bertz CT molecular complexity index is 581. The maximum atomic E-state index is 11.9.